The molecular weight excluding hydrogens is 709 g/mol. The highest BCUT2D eigenvalue weighted by molar-refractivity contribution is 6.31. The van der Waals surface area contributed by atoms with E-state index >= 15 is 0 Å². The van der Waals surface area contributed by atoms with Gasteiger partial charge in [-0.15, -0.1) is 10.2 Å². The second-order valence-corrected chi connectivity index (χ2v) is 11.7. The van der Waals surface area contributed by atoms with E-state index in [0.717, 1.165) is 0 Å². The van der Waals surface area contributed by atoms with Crippen LogP contribution in [0.1, 0.15) is 11.4 Å². The SMILES string of the molecule is COc1cc(OC)c2c(=O)cc(-c3ccc(OCc4cn(-c5ccc(F)c(Cl)c5)nn4)c(OCc4cn(-c5ccc(F)c(Cl)c5)nn4)c3)oc2c1. The molecule has 7 aromatic rings. The zero-order chi connectivity index (χ0) is 35.6. The summed E-state index contributed by atoms with van der Waals surface area (Å²) in [6.45, 7) is -0.0664. The molecule has 3 aromatic heterocycles. The first kappa shape index (κ1) is 33.5. The van der Waals surface area contributed by atoms with Crippen LogP contribution in [0, 0.1) is 11.6 Å². The molecule has 4 aromatic carbocycles. The minimum Gasteiger partial charge on any atom is -0.496 e. The Morgan fingerprint density at radius 1 is 0.706 bits per heavy atom. The number of hydrogen-bond acceptors (Lipinski definition) is 10. The van der Waals surface area contributed by atoms with Crippen LogP contribution in [-0.2, 0) is 13.2 Å². The fraction of sp³-hybridized carbons (Fsp3) is 0.114. The summed E-state index contributed by atoms with van der Waals surface area (Å²) in [6.07, 6.45) is 3.22. The van der Waals surface area contributed by atoms with Crippen LogP contribution in [0.5, 0.6) is 23.0 Å². The van der Waals surface area contributed by atoms with Crippen molar-refractivity contribution in [1.29, 1.82) is 0 Å². The van der Waals surface area contributed by atoms with Gasteiger partial charge in [0.05, 0.1) is 48.0 Å². The Morgan fingerprint density at radius 3 is 1.88 bits per heavy atom. The molecule has 0 N–H and O–H groups in total. The van der Waals surface area contributed by atoms with Crippen LogP contribution >= 0.6 is 23.2 Å². The van der Waals surface area contributed by atoms with Crippen molar-refractivity contribution in [3.63, 3.8) is 0 Å². The Kier molecular flexibility index (Phi) is 9.26. The van der Waals surface area contributed by atoms with Crippen LogP contribution < -0.4 is 24.4 Å². The largest absolute Gasteiger partial charge is 0.496 e. The van der Waals surface area contributed by atoms with Gasteiger partial charge in [-0.1, -0.05) is 33.6 Å². The van der Waals surface area contributed by atoms with E-state index in [1.807, 2.05) is 0 Å². The maximum absolute atomic E-state index is 13.7. The highest BCUT2D eigenvalue weighted by Crippen LogP contribution is 2.36. The van der Waals surface area contributed by atoms with Crippen molar-refractivity contribution < 1.29 is 32.1 Å². The fourth-order valence-electron chi connectivity index (χ4n) is 5.08. The summed E-state index contributed by atoms with van der Waals surface area (Å²) in [5.41, 5.74) is 2.34. The molecule has 0 spiro atoms. The average molecular weight is 734 g/mol. The summed E-state index contributed by atoms with van der Waals surface area (Å²) in [7, 11) is 2.95. The molecule has 0 saturated heterocycles. The number of ether oxygens (including phenoxy) is 4. The summed E-state index contributed by atoms with van der Waals surface area (Å²) < 4.78 is 59.4. The lowest BCUT2D eigenvalue weighted by molar-refractivity contribution is 0.252. The predicted molar refractivity (Wildman–Crippen MR) is 182 cm³/mol. The molecule has 16 heteroatoms. The van der Waals surface area contributed by atoms with Gasteiger partial charge in [0.15, 0.2) is 16.9 Å². The number of nitrogens with zero attached hydrogens (tertiary/aromatic N) is 6. The second-order valence-electron chi connectivity index (χ2n) is 10.9. The van der Waals surface area contributed by atoms with E-state index in [1.165, 1.54) is 66.0 Å². The van der Waals surface area contributed by atoms with Crippen LogP contribution in [0.2, 0.25) is 10.0 Å². The van der Waals surface area contributed by atoms with E-state index in [-0.39, 0.29) is 51.2 Å². The Balaban J connectivity index is 1.19. The van der Waals surface area contributed by atoms with Crippen molar-refractivity contribution >= 4 is 34.2 Å². The molecule has 7 rings (SSSR count). The van der Waals surface area contributed by atoms with Gasteiger partial charge < -0.3 is 23.4 Å². The van der Waals surface area contributed by atoms with E-state index in [9.17, 15) is 13.6 Å². The third-order valence-electron chi connectivity index (χ3n) is 7.62. The summed E-state index contributed by atoms with van der Waals surface area (Å²) in [5.74, 6) is 0.497. The van der Waals surface area contributed by atoms with Gasteiger partial charge in [0.1, 0.15) is 64.5 Å². The minimum absolute atomic E-state index is 0.0171. The molecule has 0 amide bonds. The Hall–Kier alpha value is -5.99. The van der Waals surface area contributed by atoms with Crippen molar-refractivity contribution in [1.82, 2.24) is 30.0 Å². The zero-order valence-corrected chi connectivity index (χ0v) is 28.2. The molecule has 0 fully saturated rings. The van der Waals surface area contributed by atoms with Crippen molar-refractivity contribution in [2.24, 2.45) is 0 Å². The Bertz CT molecular complexity index is 2470. The van der Waals surface area contributed by atoms with Gasteiger partial charge in [-0.3, -0.25) is 4.79 Å². The lowest BCUT2D eigenvalue weighted by Gasteiger charge is -2.14. The molecule has 0 atom stereocenters. The second kappa shape index (κ2) is 14.1. The van der Waals surface area contributed by atoms with Crippen LogP contribution in [0.25, 0.3) is 33.7 Å². The Morgan fingerprint density at radius 2 is 1.31 bits per heavy atom. The third-order valence-corrected chi connectivity index (χ3v) is 8.20. The smallest absolute Gasteiger partial charge is 0.197 e. The molecule has 0 bridgehead atoms. The topological polar surface area (TPSA) is 129 Å². The van der Waals surface area contributed by atoms with Crippen LogP contribution in [0.3, 0.4) is 0 Å². The van der Waals surface area contributed by atoms with Gasteiger partial charge in [0.2, 0.25) is 0 Å². The monoisotopic (exact) mass is 732 g/mol. The van der Waals surface area contributed by atoms with Gasteiger partial charge >= 0.3 is 0 Å². The summed E-state index contributed by atoms with van der Waals surface area (Å²) in [5, 5.41) is 16.6. The van der Waals surface area contributed by atoms with Crippen molar-refractivity contribution in [3.8, 4) is 45.7 Å². The van der Waals surface area contributed by atoms with Crippen LogP contribution in [0.15, 0.2) is 94.4 Å². The van der Waals surface area contributed by atoms with E-state index in [1.54, 1.807) is 42.7 Å². The number of halogens is 4. The van der Waals surface area contributed by atoms with Gasteiger partial charge in [-0.05, 0) is 54.6 Å². The summed E-state index contributed by atoms with van der Waals surface area (Å²) in [6, 6.07) is 17.9. The Labute approximate surface area is 297 Å². The number of hydrogen-bond donors (Lipinski definition) is 0. The first-order chi connectivity index (χ1) is 24.7. The normalized spacial score (nSPS) is 11.2. The standard InChI is InChI=1S/C35H24Cl2F2N6O6/c1-47-24-12-33(48-2)35-29(46)14-31(51-34(35)13-24)19-3-8-30(49-17-20-15-44(42-40-20)22-4-6-27(38)25(36)10-22)32(9-19)50-18-21-16-45(43-41-21)23-5-7-28(39)26(37)11-23/h3-16H,17-18H2,1-2H3. The molecule has 0 aliphatic rings. The zero-order valence-electron chi connectivity index (χ0n) is 26.6. The molecule has 0 saturated carbocycles. The number of fused-ring (bicyclic) bond motifs is 1. The first-order valence-electron chi connectivity index (χ1n) is 15.0. The molecule has 0 radical (unpaired) electrons. The molecule has 51 heavy (non-hydrogen) atoms. The van der Waals surface area contributed by atoms with E-state index < -0.39 is 11.6 Å². The van der Waals surface area contributed by atoms with Crippen molar-refractivity contribution in [2.45, 2.75) is 13.2 Å². The molecule has 0 aliphatic heterocycles. The van der Waals surface area contributed by atoms with Crippen molar-refractivity contribution in [3.05, 3.63) is 128 Å². The quantitative estimate of drug-likeness (QED) is 0.133. The van der Waals surface area contributed by atoms with Gasteiger partial charge in [-0.2, -0.15) is 0 Å². The molecule has 0 unspecified atom stereocenters. The van der Waals surface area contributed by atoms with E-state index in [4.69, 9.17) is 46.6 Å². The first-order valence-corrected chi connectivity index (χ1v) is 15.8. The van der Waals surface area contributed by atoms with Gasteiger partial charge in [-0.25, -0.2) is 18.1 Å². The van der Waals surface area contributed by atoms with Crippen molar-refractivity contribution in [2.75, 3.05) is 14.2 Å². The lowest BCUT2D eigenvalue weighted by Crippen LogP contribution is -2.04. The molecule has 0 aliphatic carbocycles. The third kappa shape index (κ3) is 7.04. The predicted octanol–water partition coefficient (Wildman–Crippen LogP) is 7.38. The summed E-state index contributed by atoms with van der Waals surface area (Å²) >= 11 is 11.9. The average Bonchev–Trinajstić information content (AvgIpc) is 3.82. The van der Waals surface area contributed by atoms with E-state index in [0.29, 0.717) is 45.6 Å². The maximum Gasteiger partial charge on any atom is 0.197 e. The molecule has 258 valence electrons. The fourth-order valence-corrected chi connectivity index (χ4v) is 5.43. The minimum atomic E-state index is -0.556. The number of methoxy groups -OCH3 is 2. The maximum atomic E-state index is 13.7. The number of aromatic nitrogens is 6. The van der Waals surface area contributed by atoms with E-state index in [2.05, 4.69) is 20.6 Å². The van der Waals surface area contributed by atoms with Gasteiger partial charge in [0.25, 0.3) is 0 Å². The highest BCUT2D eigenvalue weighted by Gasteiger charge is 2.17. The van der Waals surface area contributed by atoms with Crippen LogP contribution in [-0.4, -0.2) is 44.2 Å². The number of benzene rings is 4. The summed E-state index contributed by atoms with van der Waals surface area (Å²) in [4.78, 5) is 13.2. The molecule has 12 nitrogen and oxygen atoms in total. The molecule has 3 heterocycles. The van der Waals surface area contributed by atoms with Gasteiger partial charge in [0, 0.05) is 23.8 Å². The number of rotatable bonds is 11. The lowest BCUT2D eigenvalue weighted by atomic mass is 10.1. The van der Waals surface area contributed by atoms with Crippen LogP contribution in [0.4, 0.5) is 8.78 Å². The highest BCUT2D eigenvalue weighted by atomic mass is 35.5. The molecular formula is C35H24Cl2F2N6O6.